The van der Waals surface area contributed by atoms with Gasteiger partial charge in [-0.25, -0.2) is 19.1 Å². The zero-order chi connectivity index (χ0) is 18.2. The van der Waals surface area contributed by atoms with Gasteiger partial charge in [0.15, 0.2) is 0 Å². The SMILES string of the molecule is CC(C)(C)OC(=O)n1c(N2CCCC[C@H]2C(=O)O)nc2ccccc21. The van der Waals surface area contributed by atoms with Crippen molar-refractivity contribution in [2.75, 3.05) is 11.4 Å². The molecule has 7 heteroatoms. The van der Waals surface area contributed by atoms with Crippen molar-refractivity contribution in [3.8, 4) is 0 Å². The van der Waals surface area contributed by atoms with Crippen molar-refractivity contribution >= 4 is 29.0 Å². The Kier molecular flexibility index (Phi) is 4.41. The Morgan fingerprint density at radius 1 is 1.24 bits per heavy atom. The molecule has 7 nitrogen and oxygen atoms in total. The number of imidazole rings is 1. The Morgan fingerprint density at radius 3 is 2.64 bits per heavy atom. The van der Waals surface area contributed by atoms with Crippen LogP contribution in [-0.4, -0.2) is 44.9 Å². The number of hydrogen-bond donors (Lipinski definition) is 1. The van der Waals surface area contributed by atoms with Crippen molar-refractivity contribution in [3.63, 3.8) is 0 Å². The highest BCUT2D eigenvalue weighted by atomic mass is 16.6. The van der Waals surface area contributed by atoms with Crippen LogP contribution in [0.3, 0.4) is 0 Å². The number of carboxylic acids is 1. The average Bonchev–Trinajstić information content (AvgIpc) is 2.92. The van der Waals surface area contributed by atoms with Crippen molar-refractivity contribution in [1.29, 1.82) is 0 Å². The number of fused-ring (bicyclic) bond motifs is 1. The summed E-state index contributed by atoms with van der Waals surface area (Å²) in [4.78, 5) is 30.7. The number of para-hydroxylation sites is 2. The lowest BCUT2D eigenvalue weighted by Gasteiger charge is -2.34. The summed E-state index contributed by atoms with van der Waals surface area (Å²) in [6.07, 6.45) is 1.69. The van der Waals surface area contributed by atoms with Crippen molar-refractivity contribution in [1.82, 2.24) is 9.55 Å². The lowest BCUT2D eigenvalue weighted by Crippen LogP contribution is -2.46. The molecule has 0 saturated carbocycles. The van der Waals surface area contributed by atoms with Gasteiger partial charge in [0.2, 0.25) is 5.95 Å². The highest BCUT2D eigenvalue weighted by molar-refractivity contribution is 5.91. The summed E-state index contributed by atoms with van der Waals surface area (Å²) in [5, 5.41) is 9.57. The van der Waals surface area contributed by atoms with E-state index in [-0.39, 0.29) is 0 Å². The van der Waals surface area contributed by atoms with Crippen LogP contribution < -0.4 is 4.90 Å². The van der Waals surface area contributed by atoms with E-state index in [1.54, 1.807) is 37.8 Å². The minimum Gasteiger partial charge on any atom is -0.480 e. The van der Waals surface area contributed by atoms with E-state index in [2.05, 4.69) is 4.98 Å². The zero-order valence-electron chi connectivity index (χ0n) is 14.7. The smallest absolute Gasteiger partial charge is 0.421 e. The molecule has 2 aromatic rings. The number of benzene rings is 1. The molecular formula is C18H23N3O4. The Labute approximate surface area is 146 Å². The van der Waals surface area contributed by atoms with Crippen molar-refractivity contribution in [2.24, 2.45) is 0 Å². The summed E-state index contributed by atoms with van der Waals surface area (Å²) in [6.45, 7) is 5.93. The number of ether oxygens (including phenoxy) is 1. The van der Waals surface area contributed by atoms with Gasteiger partial charge in [-0.3, -0.25) is 0 Å². The Bertz CT molecular complexity index is 806. The molecule has 1 fully saturated rings. The zero-order valence-corrected chi connectivity index (χ0v) is 14.7. The minimum atomic E-state index is -0.900. The monoisotopic (exact) mass is 345 g/mol. The number of piperidine rings is 1. The molecule has 1 atom stereocenters. The molecule has 0 radical (unpaired) electrons. The maximum absolute atomic E-state index is 12.8. The van der Waals surface area contributed by atoms with Gasteiger partial charge in [0.1, 0.15) is 11.6 Å². The number of anilines is 1. The van der Waals surface area contributed by atoms with E-state index in [0.29, 0.717) is 29.9 Å². The molecule has 2 heterocycles. The van der Waals surface area contributed by atoms with Gasteiger partial charge >= 0.3 is 12.1 Å². The van der Waals surface area contributed by atoms with Crippen molar-refractivity contribution in [3.05, 3.63) is 24.3 Å². The molecule has 0 aliphatic carbocycles. The highest BCUT2D eigenvalue weighted by Crippen LogP contribution is 2.29. The molecule has 0 unspecified atom stereocenters. The molecule has 1 saturated heterocycles. The fraction of sp³-hybridized carbons (Fsp3) is 0.500. The van der Waals surface area contributed by atoms with E-state index in [9.17, 15) is 14.7 Å². The van der Waals surface area contributed by atoms with Crippen LogP contribution in [0, 0.1) is 0 Å². The van der Waals surface area contributed by atoms with Gasteiger partial charge in [-0.2, -0.15) is 0 Å². The fourth-order valence-corrected chi connectivity index (χ4v) is 3.12. The molecule has 134 valence electrons. The quantitative estimate of drug-likeness (QED) is 0.899. The number of aliphatic carboxylic acids is 1. The van der Waals surface area contributed by atoms with Gasteiger partial charge in [0, 0.05) is 6.54 Å². The Hall–Kier alpha value is -2.57. The van der Waals surface area contributed by atoms with Crippen LogP contribution in [0.1, 0.15) is 40.0 Å². The third kappa shape index (κ3) is 3.45. The van der Waals surface area contributed by atoms with E-state index in [1.807, 2.05) is 12.1 Å². The van der Waals surface area contributed by atoms with Gasteiger partial charge in [-0.1, -0.05) is 12.1 Å². The summed E-state index contributed by atoms with van der Waals surface area (Å²) in [7, 11) is 0. The Balaban J connectivity index is 2.12. The normalized spacial score (nSPS) is 18.4. The van der Waals surface area contributed by atoms with E-state index >= 15 is 0 Å². The molecule has 0 amide bonds. The predicted octanol–water partition coefficient (Wildman–Crippen LogP) is 3.26. The van der Waals surface area contributed by atoms with Crippen LogP contribution in [0.5, 0.6) is 0 Å². The van der Waals surface area contributed by atoms with Gasteiger partial charge in [0.25, 0.3) is 0 Å². The highest BCUT2D eigenvalue weighted by Gasteiger charge is 2.34. The third-order valence-electron chi connectivity index (χ3n) is 4.16. The van der Waals surface area contributed by atoms with Crippen LogP contribution in [-0.2, 0) is 9.53 Å². The van der Waals surface area contributed by atoms with Crippen LogP contribution in [0.25, 0.3) is 11.0 Å². The average molecular weight is 345 g/mol. The first-order valence-electron chi connectivity index (χ1n) is 8.48. The van der Waals surface area contributed by atoms with Gasteiger partial charge in [0.05, 0.1) is 11.0 Å². The van der Waals surface area contributed by atoms with Crippen LogP contribution in [0.2, 0.25) is 0 Å². The second-order valence-electron chi connectivity index (χ2n) is 7.26. The number of carbonyl (C=O) groups excluding carboxylic acids is 1. The first-order chi connectivity index (χ1) is 11.8. The van der Waals surface area contributed by atoms with Gasteiger partial charge in [-0.05, 0) is 52.2 Å². The van der Waals surface area contributed by atoms with Crippen molar-refractivity contribution in [2.45, 2.75) is 51.7 Å². The number of aromatic nitrogens is 2. The Morgan fingerprint density at radius 2 is 1.96 bits per heavy atom. The van der Waals surface area contributed by atoms with E-state index < -0.39 is 23.7 Å². The first-order valence-corrected chi connectivity index (χ1v) is 8.48. The molecule has 0 bridgehead atoms. The summed E-state index contributed by atoms with van der Waals surface area (Å²) >= 11 is 0. The maximum Gasteiger partial charge on any atom is 0.421 e. The summed E-state index contributed by atoms with van der Waals surface area (Å²) in [5.74, 6) is -0.565. The van der Waals surface area contributed by atoms with Crippen LogP contribution >= 0.6 is 0 Å². The van der Waals surface area contributed by atoms with Gasteiger partial charge < -0.3 is 14.7 Å². The molecule has 0 spiro atoms. The molecule has 1 aliphatic rings. The van der Waals surface area contributed by atoms with Crippen LogP contribution in [0.4, 0.5) is 10.7 Å². The number of carbonyl (C=O) groups is 2. The minimum absolute atomic E-state index is 0.336. The lowest BCUT2D eigenvalue weighted by molar-refractivity contribution is -0.139. The van der Waals surface area contributed by atoms with E-state index in [0.717, 1.165) is 12.8 Å². The molecule has 1 aromatic carbocycles. The summed E-state index contributed by atoms with van der Waals surface area (Å²) in [5.41, 5.74) is 0.591. The predicted molar refractivity (Wildman–Crippen MR) is 94.0 cm³/mol. The summed E-state index contributed by atoms with van der Waals surface area (Å²) in [6, 6.07) is 6.56. The third-order valence-corrected chi connectivity index (χ3v) is 4.16. The van der Waals surface area contributed by atoms with Crippen molar-refractivity contribution < 1.29 is 19.4 Å². The number of carboxylic acid groups (broad SMARTS) is 1. The molecule has 3 rings (SSSR count). The topological polar surface area (TPSA) is 84.7 Å². The second kappa shape index (κ2) is 6.38. The maximum atomic E-state index is 12.8. The molecule has 1 N–H and O–H groups in total. The molecule has 1 aromatic heterocycles. The standard InChI is InChI=1S/C18H23N3O4/c1-18(2,3)25-17(24)21-13-9-5-4-8-12(13)19-16(21)20-11-7-6-10-14(20)15(22)23/h4-5,8-9,14H,6-7,10-11H2,1-3H3,(H,22,23)/t14-/m0/s1. The van der Waals surface area contributed by atoms with Gasteiger partial charge in [-0.15, -0.1) is 0 Å². The number of rotatable bonds is 2. The van der Waals surface area contributed by atoms with E-state index in [1.165, 1.54) is 4.57 Å². The molecule has 25 heavy (non-hydrogen) atoms. The van der Waals surface area contributed by atoms with Crippen LogP contribution in [0.15, 0.2) is 24.3 Å². The lowest BCUT2D eigenvalue weighted by atomic mass is 10.0. The molecular weight excluding hydrogens is 322 g/mol. The largest absolute Gasteiger partial charge is 0.480 e. The number of nitrogens with zero attached hydrogens (tertiary/aromatic N) is 3. The first kappa shape index (κ1) is 17.3. The molecule has 1 aliphatic heterocycles. The van der Waals surface area contributed by atoms with E-state index in [4.69, 9.17) is 4.74 Å². The second-order valence-corrected chi connectivity index (χ2v) is 7.26. The number of hydrogen-bond acceptors (Lipinski definition) is 5. The fourth-order valence-electron chi connectivity index (χ4n) is 3.12. The summed E-state index contributed by atoms with van der Waals surface area (Å²) < 4.78 is 6.92.